The third kappa shape index (κ3) is 12.4. The molecule has 47 heavy (non-hydrogen) atoms. The third-order valence-corrected chi connectivity index (χ3v) is 8.60. The molecule has 0 N–H and O–H groups in total. The van der Waals surface area contributed by atoms with Crippen LogP contribution in [0.4, 0.5) is 0 Å². The minimum atomic E-state index is -0.280. The van der Waals surface area contributed by atoms with Gasteiger partial charge in [-0.05, 0) is 48.5 Å². The topological polar surface area (TPSA) is 81.1 Å². The number of rotatable bonds is 20. The average molecular weight is 630 g/mol. The summed E-state index contributed by atoms with van der Waals surface area (Å²) >= 11 is 0. The van der Waals surface area contributed by atoms with E-state index in [-0.39, 0.29) is 4.65 Å². The number of hydrogen-bond acceptors (Lipinski definition) is 7. The van der Waals surface area contributed by atoms with E-state index in [9.17, 15) is 5.21 Å². The first-order valence-electron chi connectivity index (χ1n) is 16.8. The summed E-state index contributed by atoms with van der Waals surface area (Å²) in [5.74, 6) is 0. The van der Waals surface area contributed by atoms with Crippen molar-refractivity contribution in [1.82, 2.24) is 29.7 Å². The maximum Gasteiger partial charge on any atom is 0.104 e. The molecule has 5 aromatic rings. The van der Waals surface area contributed by atoms with E-state index < -0.39 is 0 Å². The summed E-state index contributed by atoms with van der Waals surface area (Å²) in [4.78, 5) is 23.0. The molecule has 0 saturated carbocycles. The summed E-state index contributed by atoms with van der Waals surface area (Å²) in [6.07, 6.45) is 10.8. The molecule has 1 aromatic carbocycles. The Morgan fingerprint density at radius 2 is 0.766 bits per heavy atom. The molecule has 0 unspecified atom stereocenters. The Morgan fingerprint density at radius 1 is 0.426 bits per heavy atom. The van der Waals surface area contributed by atoms with Gasteiger partial charge in [-0.3, -0.25) is 29.7 Å². The van der Waals surface area contributed by atoms with Crippen LogP contribution in [0.25, 0.3) is 0 Å². The van der Waals surface area contributed by atoms with E-state index in [2.05, 4.69) is 66.1 Å². The quantitative estimate of drug-likeness (QED) is 0.0813. The summed E-state index contributed by atoms with van der Waals surface area (Å²) < 4.78 is -0.280. The van der Waals surface area contributed by atoms with Crippen molar-refractivity contribution in [1.29, 1.82) is 0 Å². The third-order valence-electron chi connectivity index (χ3n) is 8.60. The van der Waals surface area contributed by atoms with Crippen molar-refractivity contribution in [3.8, 4) is 0 Å². The SMILES string of the molecule is [O-][N+](CCN(CCc1ccccn1)CCc1ccccn1)(CCN(CCc1ccccn1)CCc1ccccn1)Cc1ccccc1. The predicted molar refractivity (Wildman–Crippen MR) is 188 cm³/mol. The van der Waals surface area contributed by atoms with Crippen LogP contribution >= 0.6 is 0 Å². The minimum Gasteiger partial charge on any atom is -0.632 e. The molecule has 8 heteroatoms. The lowest BCUT2D eigenvalue weighted by atomic mass is 10.2. The Morgan fingerprint density at radius 3 is 1.09 bits per heavy atom. The number of hydrogen-bond donors (Lipinski definition) is 0. The highest BCUT2D eigenvalue weighted by Gasteiger charge is 2.22. The molecule has 0 aliphatic carbocycles. The second-order valence-electron chi connectivity index (χ2n) is 12.1. The van der Waals surface area contributed by atoms with E-state index >= 15 is 0 Å². The zero-order valence-corrected chi connectivity index (χ0v) is 27.4. The van der Waals surface area contributed by atoms with Gasteiger partial charge in [-0.2, -0.15) is 0 Å². The van der Waals surface area contributed by atoms with Crippen LogP contribution in [0.3, 0.4) is 0 Å². The highest BCUT2D eigenvalue weighted by Crippen LogP contribution is 2.15. The van der Waals surface area contributed by atoms with Crippen LogP contribution in [0.15, 0.2) is 128 Å². The van der Waals surface area contributed by atoms with Gasteiger partial charge in [0, 0.05) is 118 Å². The fraction of sp³-hybridized carbons (Fsp3) is 0.333. The van der Waals surface area contributed by atoms with Gasteiger partial charge >= 0.3 is 0 Å². The Bertz CT molecular complexity index is 1350. The van der Waals surface area contributed by atoms with Gasteiger partial charge in [-0.25, -0.2) is 0 Å². The molecule has 0 fully saturated rings. The first-order chi connectivity index (χ1) is 23.1. The van der Waals surface area contributed by atoms with Gasteiger partial charge in [0.05, 0.1) is 13.1 Å². The van der Waals surface area contributed by atoms with Crippen LogP contribution in [0.5, 0.6) is 0 Å². The number of benzene rings is 1. The second-order valence-corrected chi connectivity index (χ2v) is 12.1. The molecule has 4 heterocycles. The van der Waals surface area contributed by atoms with Gasteiger partial charge in [0.25, 0.3) is 0 Å². The van der Waals surface area contributed by atoms with Crippen molar-refractivity contribution in [3.05, 3.63) is 161 Å². The molecule has 5 rings (SSSR count). The molecule has 0 atom stereocenters. The lowest BCUT2D eigenvalue weighted by Crippen LogP contribution is -2.51. The van der Waals surface area contributed by atoms with Crippen molar-refractivity contribution >= 4 is 0 Å². The van der Waals surface area contributed by atoms with Crippen LogP contribution in [-0.2, 0) is 32.2 Å². The zero-order valence-electron chi connectivity index (χ0n) is 27.4. The maximum atomic E-state index is 14.8. The Labute approximate surface area is 280 Å². The van der Waals surface area contributed by atoms with Gasteiger partial charge in [-0.1, -0.05) is 54.6 Å². The lowest BCUT2D eigenvalue weighted by molar-refractivity contribution is -0.893. The van der Waals surface area contributed by atoms with Crippen molar-refractivity contribution in [2.75, 3.05) is 52.4 Å². The molecule has 244 valence electrons. The molecular formula is C39H47N7O. The number of pyridine rings is 4. The van der Waals surface area contributed by atoms with Gasteiger partial charge < -0.3 is 9.85 Å². The van der Waals surface area contributed by atoms with Gasteiger partial charge in [-0.15, -0.1) is 0 Å². The lowest BCUT2D eigenvalue weighted by Gasteiger charge is -2.45. The largest absolute Gasteiger partial charge is 0.632 e. The summed E-state index contributed by atoms with van der Waals surface area (Å²) in [5, 5.41) is 14.8. The Kier molecular flexibility index (Phi) is 13.5. The summed E-state index contributed by atoms with van der Waals surface area (Å²) in [6, 6.07) is 34.4. The number of nitrogens with zero attached hydrogens (tertiary/aromatic N) is 7. The van der Waals surface area contributed by atoms with E-state index in [0.717, 1.165) is 80.2 Å². The molecule has 0 amide bonds. The fourth-order valence-corrected chi connectivity index (χ4v) is 5.78. The van der Waals surface area contributed by atoms with E-state index in [1.165, 1.54) is 0 Å². The Balaban J connectivity index is 1.27. The van der Waals surface area contributed by atoms with Gasteiger partial charge in [0.1, 0.15) is 6.54 Å². The molecule has 0 bridgehead atoms. The van der Waals surface area contributed by atoms with Crippen molar-refractivity contribution in [3.63, 3.8) is 0 Å². The molecule has 0 aliphatic rings. The summed E-state index contributed by atoms with van der Waals surface area (Å²) in [7, 11) is 0. The van der Waals surface area contributed by atoms with Crippen molar-refractivity contribution < 1.29 is 4.65 Å². The zero-order chi connectivity index (χ0) is 32.4. The standard InChI is InChI=1S/C39H47N7O/c47-46(34-35-12-2-1-3-13-35,32-30-44(26-18-36-14-4-8-22-40-36)27-19-37-15-5-9-23-41-37)33-31-45(28-20-38-16-6-10-24-42-38)29-21-39-17-7-11-25-43-39/h1-17,22-25H,18-21,26-34H2. The van der Waals surface area contributed by atoms with Crippen LogP contribution < -0.4 is 0 Å². The van der Waals surface area contributed by atoms with E-state index in [4.69, 9.17) is 0 Å². The number of hydroxylamine groups is 3. The van der Waals surface area contributed by atoms with Crippen LogP contribution in [0, 0.1) is 5.21 Å². The van der Waals surface area contributed by atoms with Crippen molar-refractivity contribution in [2.24, 2.45) is 0 Å². The van der Waals surface area contributed by atoms with Gasteiger partial charge in [0.15, 0.2) is 0 Å². The van der Waals surface area contributed by atoms with E-state index in [0.29, 0.717) is 32.7 Å². The average Bonchev–Trinajstić information content (AvgIpc) is 3.13. The molecule has 0 radical (unpaired) electrons. The predicted octanol–water partition coefficient (Wildman–Crippen LogP) is 5.66. The molecule has 0 saturated heterocycles. The van der Waals surface area contributed by atoms with Crippen LogP contribution in [-0.4, -0.2) is 86.7 Å². The maximum absolute atomic E-state index is 14.8. The highest BCUT2D eigenvalue weighted by molar-refractivity contribution is 5.13. The number of quaternary nitrogens is 1. The summed E-state index contributed by atoms with van der Waals surface area (Å²) in [5.41, 5.74) is 5.35. The fourth-order valence-electron chi connectivity index (χ4n) is 5.78. The molecule has 4 aromatic heterocycles. The van der Waals surface area contributed by atoms with E-state index in [1.54, 1.807) is 0 Å². The first-order valence-corrected chi connectivity index (χ1v) is 16.8. The second kappa shape index (κ2) is 18.7. The van der Waals surface area contributed by atoms with Crippen LogP contribution in [0.1, 0.15) is 28.3 Å². The normalized spacial score (nSPS) is 11.7. The Hall–Kier alpha value is -4.34. The molecule has 0 aliphatic heterocycles. The summed E-state index contributed by atoms with van der Waals surface area (Å²) in [6.45, 7) is 6.25. The molecular weight excluding hydrogens is 582 g/mol. The monoisotopic (exact) mass is 629 g/mol. The molecule has 0 spiro atoms. The van der Waals surface area contributed by atoms with Crippen LogP contribution in [0.2, 0.25) is 0 Å². The minimum absolute atomic E-state index is 0.280. The van der Waals surface area contributed by atoms with Crippen molar-refractivity contribution in [2.45, 2.75) is 32.2 Å². The van der Waals surface area contributed by atoms with E-state index in [1.807, 2.05) is 91.5 Å². The smallest absolute Gasteiger partial charge is 0.104 e. The highest BCUT2D eigenvalue weighted by atomic mass is 16.5. The molecule has 8 nitrogen and oxygen atoms in total. The number of aromatic nitrogens is 4. The first kappa shape index (κ1) is 34.0. The van der Waals surface area contributed by atoms with Gasteiger partial charge in [0.2, 0.25) is 0 Å².